The van der Waals surface area contributed by atoms with Crippen molar-refractivity contribution in [1.82, 2.24) is 34.7 Å². The first-order chi connectivity index (χ1) is 17.2. The lowest BCUT2D eigenvalue weighted by molar-refractivity contribution is -0.133. The minimum absolute atomic E-state index is 0.331. The molecule has 4 heterocycles. The van der Waals surface area contributed by atoms with Gasteiger partial charge in [-0.25, -0.2) is 19.9 Å². The predicted molar refractivity (Wildman–Crippen MR) is 134 cm³/mol. The van der Waals surface area contributed by atoms with Crippen LogP contribution in [0.15, 0.2) is 55.2 Å². The summed E-state index contributed by atoms with van der Waals surface area (Å²) in [6.07, 6.45) is 10.1. The van der Waals surface area contributed by atoms with Crippen molar-refractivity contribution in [3.63, 3.8) is 0 Å². The first-order valence-electron chi connectivity index (χ1n) is 12.2. The second-order valence-corrected chi connectivity index (χ2v) is 9.42. The van der Waals surface area contributed by atoms with E-state index in [0.717, 1.165) is 67.1 Å². The average Bonchev–Trinajstić information content (AvgIpc) is 3.61. The molecule has 2 N–H and O–H groups in total. The fraction of sp³-hybridized carbons (Fsp3) is 0.346. The van der Waals surface area contributed by atoms with Gasteiger partial charge in [0.25, 0.3) is 0 Å². The van der Waals surface area contributed by atoms with Crippen LogP contribution in [0.5, 0.6) is 0 Å². The van der Waals surface area contributed by atoms with Crippen molar-refractivity contribution in [2.75, 3.05) is 31.5 Å². The summed E-state index contributed by atoms with van der Waals surface area (Å²) in [5.41, 5.74) is 4.98. The first kappa shape index (κ1) is 21.7. The summed E-state index contributed by atoms with van der Waals surface area (Å²) >= 11 is 0. The third-order valence-electron chi connectivity index (χ3n) is 6.74. The molecule has 3 aromatic heterocycles. The minimum Gasteiger partial charge on any atom is -0.340 e. The predicted octanol–water partition coefficient (Wildman–Crippen LogP) is 3.60. The molecule has 2 fully saturated rings. The third-order valence-corrected chi connectivity index (χ3v) is 6.74. The molecule has 0 unspecified atom stereocenters. The van der Waals surface area contributed by atoms with Crippen LogP contribution in [0.1, 0.15) is 24.8 Å². The lowest BCUT2D eigenvalue weighted by Crippen LogP contribution is -2.48. The van der Waals surface area contributed by atoms with E-state index in [1.165, 1.54) is 24.7 Å². The number of aromatic amines is 1. The molecule has 0 atom stereocenters. The number of fused-ring (bicyclic) bond motifs is 1. The van der Waals surface area contributed by atoms with E-state index in [-0.39, 0.29) is 0 Å². The minimum atomic E-state index is 0.331. The summed E-state index contributed by atoms with van der Waals surface area (Å²) in [6.45, 7) is 4.28. The van der Waals surface area contributed by atoms with Crippen molar-refractivity contribution in [3.8, 4) is 11.1 Å². The topological polar surface area (TPSA) is 103 Å². The summed E-state index contributed by atoms with van der Waals surface area (Å²) < 4.78 is 0. The van der Waals surface area contributed by atoms with E-state index in [4.69, 9.17) is 0 Å². The zero-order valence-electron chi connectivity index (χ0n) is 19.5. The number of imidazole rings is 1. The second-order valence-electron chi connectivity index (χ2n) is 9.42. The Morgan fingerprint density at radius 3 is 2.66 bits per heavy atom. The highest BCUT2D eigenvalue weighted by Gasteiger charge is 2.28. The maximum absolute atomic E-state index is 12.4. The summed E-state index contributed by atoms with van der Waals surface area (Å²) in [7, 11) is 0. The summed E-state index contributed by atoms with van der Waals surface area (Å²) in [5.74, 6) is 2.37. The van der Waals surface area contributed by atoms with Gasteiger partial charge in [-0.3, -0.25) is 9.69 Å². The van der Waals surface area contributed by atoms with Gasteiger partial charge < -0.3 is 15.2 Å². The average molecular weight is 469 g/mol. The molecule has 0 spiro atoms. The van der Waals surface area contributed by atoms with Crippen molar-refractivity contribution >= 4 is 28.7 Å². The van der Waals surface area contributed by atoms with Gasteiger partial charge in [0.15, 0.2) is 0 Å². The van der Waals surface area contributed by atoms with Crippen LogP contribution in [0.3, 0.4) is 0 Å². The number of anilines is 2. The number of piperazine rings is 1. The Morgan fingerprint density at radius 2 is 1.86 bits per heavy atom. The summed E-state index contributed by atoms with van der Waals surface area (Å²) in [5, 5.41) is 3.30. The Morgan fingerprint density at radius 1 is 1.03 bits per heavy atom. The molecule has 1 saturated heterocycles. The van der Waals surface area contributed by atoms with Gasteiger partial charge in [0.1, 0.15) is 12.1 Å². The zero-order valence-corrected chi connectivity index (χ0v) is 19.5. The van der Waals surface area contributed by atoms with Gasteiger partial charge >= 0.3 is 0 Å². The summed E-state index contributed by atoms with van der Waals surface area (Å²) in [4.78, 5) is 37.5. The molecule has 4 aromatic rings. The van der Waals surface area contributed by atoms with E-state index in [2.05, 4.69) is 41.2 Å². The zero-order chi connectivity index (χ0) is 23.6. The lowest BCUT2D eigenvalue weighted by Gasteiger charge is -2.34. The van der Waals surface area contributed by atoms with Crippen molar-refractivity contribution < 1.29 is 4.79 Å². The number of nitrogens with one attached hydrogen (secondary N) is 2. The van der Waals surface area contributed by atoms with Crippen LogP contribution >= 0.6 is 0 Å². The standard InChI is InChI=1S/C26H28N8O/c35-25(12-18-1-2-18)34-9-7-33(8-10-34)16-19-5-6-29-24(11-19)32-26-30-22-4-3-20(13-23(22)31-26)21-14-27-17-28-15-21/h3-6,11,13-15,17-18H,1-2,7-10,12,16H2,(H2,29,30,31,32). The molecule has 0 radical (unpaired) electrons. The summed E-state index contributed by atoms with van der Waals surface area (Å²) in [6, 6.07) is 10.2. The number of amides is 1. The molecule has 9 nitrogen and oxygen atoms in total. The van der Waals surface area contributed by atoms with Gasteiger partial charge in [-0.1, -0.05) is 6.07 Å². The number of rotatable bonds is 7. The maximum Gasteiger partial charge on any atom is 0.222 e. The van der Waals surface area contributed by atoms with Crippen LogP contribution in [0.25, 0.3) is 22.2 Å². The van der Waals surface area contributed by atoms with Crippen molar-refractivity contribution in [3.05, 3.63) is 60.8 Å². The SMILES string of the molecule is O=C(CC1CC1)N1CCN(Cc2ccnc(Nc3nc4ccc(-c5cncnc5)cc4[nH]3)c2)CC1. The Labute approximate surface area is 203 Å². The van der Waals surface area contributed by atoms with Crippen LogP contribution in [-0.4, -0.2) is 66.8 Å². The highest BCUT2D eigenvalue weighted by atomic mass is 16.2. The fourth-order valence-electron chi connectivity index (χ4n) is 4.57. The third kappa shape index (κ3) is 5.14. The largest absolute Gasteiger partial charge is 0.340 e. The van der Waals surface area contributed by atoms with Crippen LogP contribution < -0.4 is 5.32 Å². The van der Waals surface area contributed by atoms with Crippen LogP contribution in [-0.2, 0) is 11.3 Å². The van der Waals surface area contributed by atoms with E-state index in [1.807, 2.05) is 35.4 Å². The molecule has 6 rings (SSSR count). The number of carbonyl (C=O) groups excluding carboxylic acids is 1. The van der Waals surface area contributed by atoms with Gasteiger partial charge in [0.2, 0.25) is 11.9 Å². The number of pyridine rings is 1. The number of hydrogen-bond acceptors (Lipinski definition) is 7. The van der Waals surface area contributed by atoms with E-state index >= 15 is 0 Å². The Hall–Kier alpha value is -3.85. The van der Waals surface area contributed by atoms with Gasteiger partial charge in [0.05, 0.1) is 11.0 Å². The number of benzene rings is 1. The van der Waals surface area contributed by atoms with Crippen molar-refractivity contribution in [2.24, 2.45) is 5.92 Å². The fourth-order valence-corrected chi connectivity index (χ4v) is 4.57. The van der Waals surface area contributed by atoms with E-state index in [0.29, 0.717) is 17.8 Å². The monoisotopic (exact) mass is 468 g/mol. The Balaban J connectivity index is 1.08. The van der Waals surface area contributed by atoms with Gasteiger partial charge in [-0.15, -0.1) is 0 Å². The van der Waals surface area contributed by atoms with E-state index < -0.39 is 0 Å². The molecule has 2 aliphatic rings. The molecule has 1 aliphatic heterocycles. The van der Waals surface area contributed by atoms with Crippen molar-refractivity contribution in [1.29, 1.82) is 0 Å². The number of aromatic nitrogens is 5. The number of H-pyrrole nitrogens is 1. The highest BCUT2D eigenvalue weighted by Crippen LogP contribution is 2.33. The van der Waals surface area contributed by atoms with Gasteiger partial charge in [-0.05, 0) is 54.2 Å². The normalized spacial score (nSPS) is 16.5. The quantitative estimate of drug-likeness (QED) is 0.427. The maximum atomic E-state index is 12.4. The molecular formula is C26H28N8O. The molecule has 1 amide bonds. The van der Waals surface area contributed by atoms with Crippen LogP contribution in [0.2, 0.25) is 0 Å². The molecule has 1 aliphatic carbocycles. The van der Waals surface area contributed by atoms with E-state index in [1.54, 1.807) is 12.4 Å². The Bertz CT molecular complexity index is 1330. The molecule has 1 aromatic carbocycles. The van der Waals surface area contributed by atoms with Crippen LogP contribution in [0, 0.1) is 5.92 Å². The lowest BCUT2D eigenvalue weighted by atomic mass is 10.1. The van der Waals surface area contributed by atoms with Crippen molar-refractivity contribution in [2.45, 2.75) is 25.8 Å². The second kappa shape index (κ2) is 9.42. The molecule has 9 heteroatoms. The first-order valence-corrected chi connectivity index (χ1v) is 12.2. The van der Waals surface area contributed by atoms with Crippen LogP contribution in [0.4, 0.5) is 11.8 Å². The molecule has 1 saturated carbocycles. The highest BCUT2D eigenvalue weighted by molar-refractivity contribution is 5.83. The van der Waals surface area contributed by atoms with Gasteiger partial charge in [-0.2, -0.15) is 0 Å². The van der Waals surface area contributed by atoms with E-state index in [9.17, 15) is 4.79 Å². The molecule has 0 bridgehead atoms. The molecule has 178 valence electrons. The smallest absolute Gasteiger partial charge is 0.222 e. The molecular weight excluding hydrogens is 440 g/mol. The number of carbonyl (C=O) groups is 1. The number of nitrogens with zero attached hydrogens (tertiary/aromatic N) is 6. The number of hydrogen-bond donors (Lipinski definition) is 2. The van der Waals surface area contributed by atoms with Gasteiger partial charge in [0, 0.05) is 63.3 Å². The molecule has 35 heavy (non-hydrogen) atoms. The Kier molecular flexibility index (Phi) is 5.83.